The van der Waals surface area contributed by atoms with Crippen LogP contribution in [0.4, 0.5) is 0 Å². The molecule has 0 aliphatic rings. The van der Waals surface area contributed by atoms with Gasteiger partial charge in [-0.2, -0.15) is 0 Å². The van der Waals surface area contributed by atoms with E-state index in [1.807, 2.05) is 32.9 Å². The number of aryl methyl sites for hydroxylation is 1. The molecule has 0 heterocycles. The number of halogens is 2. The molecule has 0 aliphatic carbocycles. The first kappa shape index (κ1) is 15.9. The fourth-order valence-electron chi connectivity index (χ4n) is 2.00. The smallest absolute Gasteiger partial charge is 0.345 e. The summed E-state index contributed by atoms with van der Waals surface area (Å²) in [5.41, 5.74) is 2.08. The van der Waals surface area contributed by atoms with Gasteiger partial charge in [-0.25, -0.2) is 4.79 Å². The van der Waals surface area contributed by atoms with Gasteiger partial charge in [-0.15, -0.1) is 0 Å². The third kappa shape index (κ3) is 3.39. The first-order valence-corrected chi connectivity index (χ1v) is 7.43. The van der Waals surface area contributed by atoms with Crippen LogP contribution in [0.5, 0.6) is 5.75 Å². The molecule has 0 fully saturated rings. The fraction of sp³-hybridized carbons (Fsp3) is 0.235. The molecule has 2 nitrogen and oxygen atoms in total. The van der Waals surface area contributed by atoms with Gasteiger partial charge in [0.1, 0.15) is 0 Å². The quantitative estimate of drug-likeness (QED) is 0.539. The number of carbonyl (C=O) groups is 1. The highest BCUT2D eigenvalue weighted by Gasteiger charge is 2.19. The monoisotopic (exact) mass is 322 g/mol. The summed E-state index contributed by atoms with van der Waals surface area (Å²) in [4.78, 5) is 12.3. The second-order valence-corrected chi connectivity index (χ2v) is 5.92. The molecule has 0 amide bonds. The lowest BCUT2D eigenvalue weighted by molar-refractivity contribution is 0.0733. The molecule has 0 saturated heterocycles. The number of rotatable bonds is 3. The Kier molecular flexibility index (Phi) is 4.92. The minimum absolute atomic E-state index is 0.192. The predicted molar refractivity (Wildman–Crippen MR) is 86.7 cm³/mol. The molecule has 110 valence electrons. The average molecular weight is 323 g/mol. The molecule has 0 aliphatic heterocycles. The second kappa shape index (κ2) is 6.50. The molecule has 2 aromatic rings. The van der Waals surface area contributed by atoms with E-state index in [9.17, 15) is 4.79 Å². The van der Waals surface area contributed by atoms with Crippen molar-refractivity contribution in [3.8, 4) is 5.75 Å². The first-order valence-electron chi connectivity index (χ1n) is 6.67. The van der Waals surface area contributed by atoms with Gasteiger partial charge in [0.15, 0.2) is 5.75 Å². The molecule has 0 bridgehead atoms. The number of hydrogen-bond donors (Lipinski definition) is 0. The Morgan fingerprint density at radius 1 is 1.10 bits per heavy atom. The zero-order chi connectivity index (χ0) is 15.6. The van der Waals surface area contributed by atoms with Crippen molar-refractivity contribution in [2.75, 3.05) is 0 Å². The number of esters is 1. The highest BCUT2D eigenvalue weighted by molar-refractivity contribution is 6.34. The Morgan fingerprint density at radius 2 is 1.76 bits per heavy atom. The second-order valence-electron chi connectivity index (χ2n) is 5.14. The van der Waals surface area contributed by atoms with Gasteiger partial charge in [0.05, 0.1) is 15.6 Å². The van der Waals surface area contributed by atoms with Crippen molar-refractivity contribution < 1.29 is 9.53 Å². The molecule has 21 heavy (non-hydrogen) atoms. The van der Waals surface area contributed by atoms with Crippen LogP contribution in [0.2, 0.25) is 10.0 Å². The van der Waals surface area contributed by atoms with Crippen LogP contribution in [-0.2, 0) is 0 Å². The molecule has 2 aromatic carbocycles. The molecular formula is C17H16Cl2O2. The molecule has 0 radical (unpaired) electrons. The summed E-state index contributed by atoms with van der Waals surface area (Å²) in [6.45, 7) is 5.92. The zero-order valence-corrected chi connectivity index (χ0v) is 13.6. The molecule has 4 heteroatoms. The molecule has 2 rings (SSSR count). The summed E-state index contributed by atoms with van der Waals surface area (Å²) >= 11 is 12.3. The van der Waals surface area contributed by atoms with Gasteiger partial charge >= 0.3 is 5.97 Å². The van der Waals surface area contributed by atoms with E-state index < -0.39 is 5.97 Å². The third-order valence-electron chi connectivity index (χ3n) is 3.23. The summed E-state index contributed by atoms with van der Waals surface area (Å²) in [6, 6.07) is 10.6. The highest BCUT2D eigenvalue weighted by atomic mass is 35.5. The van der Waals surface area contributed by atoms with E-state index in [-0.39, 0.29) is 5.92 Å². The Balaban J connectivity index is 2.42. The van der Waals surface area contributed by atoms with Crippen molar-refractivity contribution in [3.63, 3.8) is 0 Å². The maximum Gasteiger partial charge on any atom is 0.345 e. The van der Waals surface area contributed by atoms with Crippen molar-refractivity contribution >= 4 is 29.2 Å². The van der Waals surface area contributed by atoms with Crippen LogP contribution in [0.15, 0.2) is 36.4 Å². The molecule has 0 unspecified atom stereocenters. The Morgan fingerprint density at radius 3 is 2.38 bits per heavy atom. The van der Waals surface area contributed by atoms with Crippen molar-refractivity contribution in [3.05, 3.63) is 63.1 Å². The van der Waals surface area contributed by atoms with Gasteiger partial charge in [-0.3, -0.25) is 0 Å². The van der Waals surface area contributed by atoms with Crippen LogP contribution in [0, 0.1) is 6.92 Å². The van der Waals surface area contributed by atoms with E-state index >= 15 is 0 Å². The lowest BCUT2D eigenvalue weighted by Crippen LogP contribution is -2.11. The molecular weight excluding hydrogens is 307 g/mol. The van der Waals surface area contributed by atoms with Crippen LogP contribution in [0.1, 0.15) is 41.3 Å². The lowest BCUT2D eigenvalue weighted by Gasteiger charge is -2.16. The van der Waals surface area contributed by atoms with Crippen molar-refractivity contribution in [1.29, 1.82) is 0 Å². The van der Waals surface area contributed by atoms with Gasteiger partial charge in [-0.05, 0) is 36.1 Å². The highest BCUT2D eigenvalue weighted by Crippen LogP contribution is 2.36. The van der Waals surface area contributed by atoms with E-state index in [4.69, 9.17) is 27.9 Å². The average Bonchev–Trinajstić information content (AvgIpc) is 2.44. The topological polar surface area (TPSA) is 26.3 Å². The van der Waals surface area contributed by atoms with Gasteiger partial charge in [0, 0.05) is 0 Å². The molecule has 0 aromatic heterocycles. The SMILES string of the molecule is Cc1ccc(C(C)C)c(OC(=O)c2ccccc2Cl)c1Cl. The number of hydrogen-bond acceptors (Lipinski definition) is 2. The van der Waals surface area contributed by atoms with Crippen LogP contribution in [0.3, 0.4) is 0 Å². The Bertz CT molecular complexity index is 678. The summed E-state index contributed by atoms with van der Waals surface area (Å²) in [5.74, 6) is 0.101. The maximum atomic E-state index is 12.3. The van der Waals surface area contributed by atoms with Crippen molar-refractivity contribution in [2.45, 2.75) is 26.7 Å². The maximum absolute atomic E-state index is 12.3. The van der Waals surface area contributed by atoms with Crippen LogP contribution in [0.25, 0.3) is 0 Å². The van der Waals surface area contributed by atoms with Gasteiger partial charge < -0.3 is 4.74 Å². The fourth-order valence-corrected chi connectivity index (χ4v) is 2.43. The number of benzene rings is 2. The molecule has 0 atom stereocenters. The Labute approximate surface area is 134 Å². The van der Waals surface area contributed by atoms with Crippen LogP contribution < -0.4 is 4.74 Å². The van der Waals surface area contributed by atoms with Crippen molar-refractivity contribution in [2.24, 2.45) is 0 Å². The normalized spacial score (nSPS) is 10.8. The predicted octanol–water partition coefficient (Wildman–Crippen LogP) is 5.64. The minimum atomic E-state index is -0.505. The Hall–Kier alpha value is -1.51. The van der Waals surface area contributed by atoms with Crippen molar-refractivity contribution in [1.82, 2.24) is 0 Å². The standard InChI is InChI=1S/C17H16Cl2O2/c1-10(2)12-9-8-11(3)15(19)16(12)21-17(20)13-6-4-5-7-14(13)18/h4-10H,1-3H3. The zero-order valence-electron chi connectivity index (χ0n) is 12.1. The lowest BCUT2D eigenvalue weighted by atomic mass is 10.0. The summed E-state index contributed by atoms with van der Waals surface area (Å²) in [7, 11) is 0. The van der Waals surface area contributed by atoms with E-state index in [2.05, 4.69) is 0 Å². The summed E-state index contributed by atoms with van der Waals surface area (Å²) < 4.78 is 5.53. The summed E-state index contributed by atoms with van der Waals surface area (Å²) in [5, 5.41) is 0.818. The van der Waals surface area contributed by atoms with E-state index in [1.54, 1.807) is 24.3 Å². The molecule has 0 saturated carbocycles. The van der Waals surface area contributed by atoms with Gasteiger partial charge in [0.2, 0.25) is 0 Å². The number of carbonyl (C=O) groups excluding carboxylic acids is 1. The molecule has 0 spiro atoms. The largest absolute Gasteiger partial charge is 0.421 e. The minimum Gasteiger partial charge on any atom is -0.421 e. The van der Waals surface area contributed by atoms with Gasteiger partial charge in [0.25, 0.3) is 0 Å². The van der Waals surface area contributed by atoms with Crippen LogP contribution in [-0.4, -0.2) is 5.97 Å². The van der Waals surface area contributed by atoms with Crippen LogP contribution >= 0.6 is 23.2 Å². The van der Waals surface area contributed by atoms with E-state index in [0.717, 1.165) is 11.1 Å². The summed E-state index contributed by atoms with van der Waals surface area (Å²) in [6.07, 6.45) is 0. The van der Waals surface area contributed by atoms with E-state index in [1.165, 1.54) is 0 Å². The third-order valence-corrected chi connectivity index (χ3v) is 4.03. The molecule has 0 N–H and O–H groups in total. The first-order chi connectivity index (χ1) is 9.91. The number of ether oxygens (including phenoxy) is 1. The van der Waals surface area contributed by atoms with E-state index in [0.29, 0.717) is 21.4 Å². The van der Waals surface area contributed by atoms with Gasteiger partial charge in [-0.1, -0.05) is 61.3 Å².